The van der Waals surface area contributed by atoms with E-state index in [9.17, 15) is 4.21 Å². The first kappa shape index (κ1) is 12.2. The Morgan fingerprint density at radius 2 is 2.00 bits per heavy atom. The summed E-state index contributed by atoms with van der Waals surface area (Å²) in [4.78, 5) is 2.18. The van der Waals surface area contributed by atoms with Crippen LogP contribution in [0.25, 0.3) is 0 Å². The summed E-state index contributed by atoms with van der Waals surface area (Å²) >= 11 is 11.9. The first-order chi connectivity index (χ1) is 7.70. The van der Waals surface area contributed by atoms with Gasteiger partial charge in [0.25, 0.3) is 0 Å². The summed E-state index contributed by atoms with van der Waals surface area (Å²) in [7, 11) is -0.653. The van der Waals surface area contributed by atoms with Crippen LogP contribution in [0.5, 0.6) is 0 Å². The second-order valence-corrected chi connectivity index (χ2v) is 6.13. The lowest BCUT2D eigenvalue weighted by atomic mass is 10.2. The molecule has 88 valence electrons. The third-order valence-corrected chi connectivity index (χ3v) is 4.57. The topological polar surface area (TPSA) is 20.3 Å². The Hall–Kier alpha value is -0.250. The van der Waals surface area contributed by atoms with Crippen LogP contribution in [0.2, 0.25) is 5.02 Å². The van der Waals surface area contributed by atoms with Crippen LogP contribution in [0.3, 0.4) is 0 Å². The summed E-state index contributed by atoms with van der Waals surface area (Å²) in [5, 5.41) is 0.728. The van der Waals surface area contributed by atoms with Crippen molar-refractivity contribution in [3.8, 4) is 0 Å². The van der Waals surface area contributed by atoms with Crippen molar-refractivity contribution in [1.29, 1.82) is 0 Å². The molecule has 1 saturated heterocycles. The number of alkyl halides is 1. The van der Waals surface area contributed by atoms with Gasteiger partial charge in [-0.3, -0.25) is 4.21 Å². The van der Waals surface area contributed by atoms with Crippen molar-refractivity contribution < 1.29 is 4.21 Å². The minimum Gasteiger partial charge on any atom is -0.368 e. The van der Waals surface area contributed by atoms with Gasteiger partial charge in [0, 0.05) is 41.3 Å². The van der Waals surface area contributed by atoms with Crippen LogP contribution in [0.1, 0.15) is 5.56 Å². The van der Waals surface area contributed by atoms with Crippen molar-refractivity contribution >= 4 is 39.7 Å². The van der Waals surface area contributed by atoms with Gasteiger partial charge >= 0.3 is 0 Å². The Morgan fingerprint density at radius 1 is 1.31 bits per heavy atom. The van der Waals surface area contributed by atoms with E-state index in [0.717, 1.165) is 40.9 Å². The van der Waals surface area contributed by atoms with Gasteiger partial charge in [-0.2, -0.15) is 0 Å². The van der Waals surface area contributed by atoms with Gasteiger partial charge < -0.3 is 4.90 Å². The van der Waals surface area contributed by atoms with Crippen LogP contribution in [0.15, 0.2) is 18.2 Å². The fourth-order valence-corrected chi connectivity index (χ4v) is 3.31. The quantitative estimate of drug-likeness (QED) is 0.775. The second kappa shape index (κ2) is 5.39. The molecule has 5 heteroatoms. The zero-order valence-corrected chi connectivity index (χ0v) is 11.1. The highest BCUT2D eigenvalue weighted by Gasteiger charge is 2.17. The molecule has 2 nitrogen and oxygen atoms in total. The van der Waals surface area contributed by atoms with Crippen molar-refractivity contribution in [1.82, 2.24) is 0 Å². The molecule has 0 amide bonds. The SMILES string of the molecule is O=S1CCN(c2ccc(CCl)cc2Cl)CC1. The maximum Gasteiger partial charge on any atom is 0.0642 e. The van der Waals surface area contributed by atoms with Gasteiger partial charge in [0.15, 0.2) is 0 Å². The number of rotatable bonds is 2. The Bertz CT molecular complexity index is 401. The van der Waals surface area contributed by atoms with E-state index in [1.54, 1.807) is 0 Å². The maximum absolute atomic E-state index is 11.3. The molecule has 1 aliphatic rings. The third kappa shape index (κ3) is 2.70. The van der Waals surface area contributed by atoms with Crippen molar-refractivity contribution in [2.45, 2.75) is 5.88 Å². The van der Waals surface area contributed by atoms with E-state index in [0.29, 0.717) is 5.88 Å². The van der Waals surface area contributed by atoms with E-state index in [1.807, 2.05) is 18.2 Å². The van der Waals surface area contributed by atoms with Gasteiger partial charge in [0.2, 0.25) is 0 Å². The number of nitrogens with zero attached hydrogens (tertiary/aromatic N) is 1. The average molecular weight is 278 g/mol. The van der Waals surface area contributed by atoms with Gasteiger partial charge in [-0.15, -0.1) is 11.6 Å². The zero-order valence-electron chi connectivity index (χ0n) is 8.79. The molecule has 16 heavy (non-hydrogen) atoms. The normalized spacial score (nSPS) is 17.8. The molecule has 0 aromatic heterocycles. The molecule has 0 spiro atoms. The number of anilines is 1. The van der Waals surface area contributed by atoms with Crippen LogP contribution in [0.4, 0.5) is 5.69 Å². The molecule has 0 unspecified atom stereocenters. The van der Waals surface area contributed by atoms with Gasteiger partial charge in [0.1, 0.15) is 0 Å². The maximum atomic E-state index is 11.3. The van der Waals surface area contributed by atoms with Crippen LogP contribution < -0.4 is 4.90 Å². The predicted molar refractivity (Wildman–Crippen MR) is 71.1 cm³/mol. The summed E-state index contributed by atoms with van der Waals surface area (Å²) in [5.41, 5.74) is 2.04. The molecule has 2 rings (SSSR count). The van der Waals surface area contributed by atoms with Crippen LogP contribution in [0, 0.1) is 0 Å². The van der Waals surface area contributed by atoms with E-state index in [2.05, 4.69) is 4.90 Å². The molecular weight excluding hydrogens is 265 g/mol. The molecule has 1 aromatic carbocycles. The van der Waals surface area contributed by atoms with Gasteiger partial charge in [-0.25, -0.2) is 0 Å². The van der Waals surface area contributed by atoms with Crippen LogP contribution in [-0.4, -0.2) is 28.8 Å². The highest BCUT2D eigenvalue weighted by molar-refractivity contribution is 7.85. The molecule has 0 bridgehead atoms. The summed E-state index contributed by atoms with van der Waals surface area (Å²) in [6.07, 6.45) is 0. The van der Waals surface area contributed by atoms with E-state index in [1.165, 1.54) is 0 Å². The highest BCUT2D eigenvalue weighted by Crippen LogP contribution is 2.28. The predicted octanol–water partition coefficient (Wildman–Crippen LogP) is 2.65. The summed E-state index contributed by atoms with van der Waals surface area (Å²) in [6.45, 7) is 1.62. The standard InChI is InChI=1S/C11H13Cl2NOS/c12-8-9-1-2-11(10(13)7-9)14-3-5-16(15)6-4-14/h1-2,7H,3-6,8H2. The molecule has 0 N–H and O–H groups in total. The van der Waals surface area contributed by atoms with Crippen molar-refractivity contribution in [2.75, 3.05) is 29.5 Å². The van der Waals surface area contributed by atoms with Crippen molar-refractivity contribution in [3.05, 3.63) is 28.8 Å². The molecule has 0 atom stereocenters. The van der Waals surface area contributed by atoms with Gasteiger partial charge in [0.05, 0.1) is 10.7 Å². The average Bonchev–Trinajstić information content (AvgIpc) is 2.30. The Balaban J connectivity index is 2.17. The number of hydrogen-bond donors (Lipinski definition) is 0. The van der Waals surface area contributed by atoms with E-state index in [-0.39, 0.29) is 0 Å². The van der Waals surface area contributed by atoms with Gasteiger partial charge in [-0.05, 0) is 17.7 Å². The van der Waals surface area contributed by atoms with Crippen LogP contribution in [-0.2, 0) is 16.7 Å². The van der Waals surface area contributed by atoms with E-state index < -0.39 is 10.8 Å². The lowest BCUT2D eigenvalue weighted by Crippen LogP contribution is -2.37. The molecule has 1 aliphatic heterocycles. The monoisotopic (exact) mass is 277 g/mol. The molecular formula is C11H13Cl2NOS. The zero-order chi connectivity index (χ0) is 11.5. The molecule has 0 radical (unpaired) electrons. The summed E-state index contributed by atoms with van der Waals surface area (Å²) in [5.74, 6) is 1.94. The Labute approximate surface area is 108 Å². The Kier molecular flexibility index (Phi) is 4.11. The lowest BCUT2D eigenvalue weighted by molar-refractivity contribution is 0.673. The molecule has 0 aliphatic carbocycles. The van der Waals surface area contributed by atoms with E-state index >= 15 is 0 Å². The highest BCUT2D eigenvalue weighted by atomic mass is 35.5. The van der Waals surface area contributed by atoms with Crippen molar-refractivity contribution in [3.63, 3.8) is 0 Å². The molecule has 1 heterocycles. The third-order valence-electron chi connectivity index (χ3n) is 2.68. The Morgan fingerprint density at radius 3 is 2.56 bits per heavy atom. The minimum atomic E-state index is -0.653. The largest absolute Gasteiger partial charge is 0.368 e. The summed E-state index contributed by atoms with van der Waals surface area (Å²) in [6, 6.07) is 5.88. The first-order valence-electron chi connectivity index (χ1n) is 5.15. The molecule has 1 fully saturated rings. The lowest BCUT2D eigenvalue weighted by Gasteiger charge is -2.29. The van der Waals surface area contributed by atoms with Gasteiger partial charge in [-0.1, -0.05) is 17.7 Å². The smallest absolute Gasteiger partial charge is 0.0642 e. The minimum absolute atomic E-state index is 0.476. The van der Waals surface area contributed by atoms with E-state index in [4.69, 9.17) is 23.2 Å². The number of hydrogen-bond acceptors (Lipinski definition) is 2. The van der Waals surface area contributed by atoms with Crippen molar-refractivity contribution in [2.24, 2.45) is 0 Å². The second-order valence-electron chi connectivity index (χ2n) is 3.75. The first-order valence-corrected chi connectivity index (χ1v) is 7.55. The molecule has 1 aromatic rings. The number of benzene rings is 1. The molecule has 0 saturated carbocycles. The fraction of sp³-hybridized carbons (Fsp3) is 0.455. The summed E-state index contributed by atoms with van der Waals surface area (Å²) < 4.78 is 11.3. The fourth-order valence-electron chi connectivity index (χ4n) is 1.77. The van der Waals surface area contributed by atoms with Crippen LogP contribution >= 0.6 is 23.2 Å². The number of halogens is 2.